The molecule has 1 aromatic heterocycles. The maximum Gasteiger partial charge on any atom is 0.233 e. The fourth-order valence-corrected chi connectivity index (χ4v) is 5.06. The Bertz CT molecular complexity index is 1170. The number of rotatable bonds is 3. The molecule has 6 rings (SSSR count). The van der Waals surface area contributed by atoms with Gasteiger partial charge in [-0.3, -0.25) is 19.8 Å². The van der Waals surface area contributed by atoms with Gasteiger partial charge >= 0.3 is 0 Å². The zero-order chi connectivity index (χ0) is 20.8. The van der Waals surface area contributed by atoms with Gasteiger partial charge in [-0.15, -0.1) is 0 Å². The van der Waals surface area contributed by atoms with E-state index in [9.17, 15) is 4.79 Å². The first-order valence-electron chi connectivity index (χ1n) is 11.1. The van der Waals surface area contributed by atoms with Crippen LogP contribution in [0.15, 0.2) is 47.6 Å². The van der Waals surface area contributed by atoms with Crippen molar-refractivity contribution in [2.24, 2.45) is 10.9 Å². The molecule has 1 amide bonds. The molecule has 31 heavy (non-hydrogen) atoms. The standard InChI is InChI=1S/C24H26N6O/c31-24-20-2-1-7-25-23(20)19-5-3-16(12-22(19)27-24)15-29-8-10-30(11-9-29)18-4-6-21-17(13-18)14-26-28-21/h3-6,12-14,20H,1-2,7-11,15H2,(H,26,28)(H,27,31). The lowest BCUT2D eigenvalue weighted by Gasteiger charge is -2.36. The average Bonchev–Trinajstić information content (AvgIpc) is 3.28. The van der Waals surface area contributed by atoms with Crippen molar-refractivity contribution in [3.05, 3.63) is 53.7 Å². The summed E-state index contributed by atoms with van der Waals surface area (Å²) in [6.45, 7) is 5.77. The van der Waals surface area contributed by atoms with Crippen LogP contribution in [0.2, 0.25) is 0 Å². The van der Waals surface area contributed by atoms with Crippen molar-refractivity contribution in [2.75, 3.05) is 42.9 Å². The Kier molecular flexibility index (Phi) is 4.49. The number of aliphatic imine (C=N–C) groups is 1. The Hall–Kier alpha value is -3.19. The minimum absolute atomic E-state index is 0.0681. The second kappa shape index (κ2) is 7.50. The molecule has 1 unspecified atom stereocenters. The van der Waals surface area contributed by atoms with E-state index in [-0.39, 0.29) is 11.8 Å². The zero-order valence-electron chi connectivity index (χ0n) is 17.5. The van der Waals surface area contributed by atoms with Gasteiger partial charge in [0, 0.05) is 55.9 Å². The van der Waals surface area contributed by atoms with E-state index < -0.39 is 0 Å². The molecule has 0 bridgehead atoms. The normalized spacial score (nSPS) is 21.4. The Morgan fingerprint density at radius 2 is 1.97 bits per heavy atom. The summed E-state index contributed by atoms with van der Waals surface area (Å²) in [7, 11) is 0. The van der Waals surface area contributed by atoms with Crippen LogP contribution in [-0.4, -0.2) is 59.4 Å². The molecular formula is C24H26N6O. The number of nitrogens with one attached hydrogen (secondary N) is 2. The molecule has 2 aromatic carbocycles. The molecule has 1 fully saturated rings. The second-order valence-electron chi connectivity index (χ2n) is 8.74. The third kappa shape index (κ3) is 3.39. The highest BCUT2D eigenvalue weighted by Gasteiger charge is 2.33. The van der Waals surface area contributed by atoms with Gasteiger partial charge in [-0.25, -0.2) is 0 Å². The predicted octanol–water partition coefficient (Wildman–Crippen LogP) is 3.04. The SMILES string of the molecule is O=C1Nc2cc(CN3CCN(c4ccc5[nH]ncc5c4)CC3)ccc2C2=NCCCC12. The van der Waals surface area contributed by atoms with E-state index in [0.29, 0.717) is 0 Å². The highest BCUT2D eigenvalue weighted by Crippen LogP contribution is 2.32. The number of H-pyrrole nitrogens is 1. The number of piperazine rings is 1. The van der Waals surface area contributed by atoms with Crippen LogP contribution in [0.1, 0.15) is 24.0 Å². The molecule has 158 valence electrons. The summed E-state index contributed by atoms with van der Waals surface area (Å²) in [6.07, 6.45) is 3.78. The summed E-state index contributed by atoms with van der Waals surface area (Å²) in [5.74, 6) is 0.0350. The summed E-state index contributed by atoms with van der Waals surface area (Å²) in [4.78, 5) is 22.1. The van der Waals surface area contributed by atoms with Gasteiger partial charge in [0.05, 0.1) is 29.0 Å². The molecular weight excluding hydrogens is 388 g/mol. The predicted molar refractivity (Wildman–Crippen MR) is 123 cm³/mol. The largest absolute Gasteiger partial charge is 0.369 e. The number of carbonyl (C=O) groups excluding carboxylic acids is 1. The van der Waals surface area contributed by atoms with Gasteiger partial charge in [0.15, 0.2) is 0 Å². The minimum Gasteiger partial charge on any atom is -0.369 e. The topological polar surface area (TPSA) is 76.6 Å². The lowest BCUT2D eigenvalue weighted by Crippen LogP contribution is -2.46. The summed E-state index contributed by atoms with van der Waals surface area (Å²) in [5, 5.41) is 11.4. The van der Waals surface area contributed by atoms with Crippen LogP contribution >= 0.6 is 0 Å². The van der Waals surface area contributed by atoms with E-state index in [1.54, 1.807) is 0 Å². The van der Waals surface area contributed by atoms with Crippen LogP contribution in [0.5, 0.6) is 0 Å². The van der Waals surface area contributed by atoms with E-state index in [4.69, 9.17) is 0 Å². The van der Waals surface area contributed by atoms with Crippen molar-refractivity contribution in [3.8, 4) is 0 Å². The number of benzene rings is 2. The van der Waals surface area contributed by atoms with Crippen molar-refractivity contribution in [1.82, 2.24) is 15.1 Å². The van der Waals surface area contributed by atoms with Crippen molar-refractivity contribution in [2.45, 2.75) is 19.4 Å². The molecule has 3 aliphatic heterocycles. The fraction of sp³-hybridized carbons (Fsp3) is 0.375. The van der Waals surface area contributed by atoms with Gasteiger partial charge in [0.1, 0.15) is 0 Å². The first-order chi connectivity index (χ1) is 15.2. The van der Waals surface area contributed by atoms with Gasteiger partial charge in [-0.2, -0.15) is 5.10 Å². The summed E-state index contributed by atoms with van der Waals surface area (Å²) < 4.78 is 0. The van der Waals surface area contributed by atoms with Crippen molar-refractivity contribution >= 4 is 33.9 Å². The highest BCUT2D eigenvalue weighted by atomic mass is 16.2. The van der Waals surface area contributed by atoms with Crippen LogP contribution in [0, 0.1) is 5.92 Å². The maximum absolute atomic E-state index is 12.5. The van der Waals surface area contributed by atoms with Gasteiger partial charge in [-0.1, -0.05) is 12.1 Å². The Labute approximate surface area is 181 Å². The number of amides is 1. The van der Waals surface area contributed by atoms with Crippen molar-refractivity contribution < 1.29 is 4.79 Å². The Balaban J connectivity index is 1.13. The molecule has 0 spiro atoms. The van der Waals surface area contributed by atoms with Gasteiger partial charge in [-0.05, 0) is 42.7 Å². The number of carbonyl (C=O) groups is 1. The Morgan fingerprint density at radius 1 is 1.06 bits per heavy atom. The van der Waals surface area contributed by atoms with E-state index in [2.05, 4.69) is 66.7 Å². The van der Waals surface area contributed by atoms with Crippen molar-refractivity contribution in [1.29, 1.82) is 0 Å². The van der Waals surface area contributed by atoms with Crippen LogP contribution in [0.25, 0.3) is 10.9 Å². The number of aromatic amines is 1. The van der Waals surface area contributed by atoms with Gasteiger partial charge in [0.2, 0.25) is 5.91 Å². The van der Waals surface area contributed by atoms with Crippen LogP contribution < -0.4 is 10.2 Å². The second-order valence-corrected chi connectivity index (χ2v) is 8.74. The fourth-order valence-electron chi connectivity index (χ4n) is 5.06. The number of anilines is 2. The quantitative estimate of drug-likeness (QED) is 0.691. The highest BCUT2D eigenvalue weighted by molar-refractivity contribution is 6.23. The summed E-state index contributed by atoms with van der Waals surface area (Å²) >= 11 is 0. The molecule has 2 N–H and O–H groups in total. The third-order valence-corrected chi connectivity index (χ3v) is 6.76. The number of hydrogen-bond acceptors (Lipinski definition) is 5. The summed E-state index contributed by atoms with van der Waals surface area (Å²) in [6, 6.07) is 13.0. The van der Waals surface area contributed by atoms with E-state index in [0.717, 1.165) is 80.0 Å². The van der Waals surface area contributed by atoms with Crippen LogP contribution in [0.4, 0.5) is 11.4 Å². The average molecular weight is 415 g/mol. The smallest absolute Gasteiger partial charge is 0.233 e. The number of fused-ring (bicyclic) bond motifs is 4. The lowest BCUT2D eigenvalue weighted by atomic mass is 9.85. The van der Waals surface area contributed by atoms with Crippen LogP contribution in [0.3, 0.4) is 0 Å². The van der Waals surface area contributed by atoms with Gasteiger partial charge in [0.25, 0.3) is 0 Å². The molecule has 4 heterocycles. The minimum atomic E-state index is -0.0681. The molecule has 3 aliphatic rings. The van der Waals surface area contributed by atoms with Gasteiger partial charge < -0.3 is 10.2 Å². The molecule has 7 nitrogen and oxygen atoms in total. The van der Waals surface area contributed by atoms with E-state index >= 15 is 0 Å². The molecule has 1 atom stereocenters. The monoisotopic (exact) mass is 414 g/mol. The molecule has 0 radical (unpaired) electrons. The molecule has 3 aromatic rings. The Morgan fingerprint density at radius 3 is 2.87 bits per heavy atom. The maximum atomic E-state index is 12.5. The lowest BCUT2D eigenvalue weighted by molar-refractivity contribution is -0.118. The molecule has 0 aliphatic carbocycles. The van der Waals surface area contributed by atoms with Crippen molar-refractivity contribution in [3.63, 3.8) is 0 Å². The summed E-state index contributed by atoms with van der Waals surface area (Å²) in [5.41, 5.74) is 6.58. The first-order valence-corrected chi connectivity index (χ1v) is 11.1. The van der Waals surface area contributed by atoms with E-state index in [1.165, 1.54) is 11.3 Å². The van der Waals surface area contributed by atoms with Crippen LogP contribution in [-0.2, 0) is 11.3 Å². The number of aromatic nitrogens is 2. The number of hydrogen-bond donors (Lipinski definition) is 2. The molecule has 7 heteroatoms. The molecule has 0 saturated carbocycles. The third-order valence-electron chi connectivity index (χ3n) is 6.76. The van der Waals surface area contributed by atoms with E-state index in [1.807, 2.05) is 6.20 Å². The zero-order valence-corrected chi connectivity index (χ0v) is 17.5. The molecule has 1 saturated heterocycles. The first kappa shape index (κ1) is 18.6. The number of nitrogens with zero attached hydrogens (tertiary/aromatic N) is 4.